The molecule has 9 heteroatoms. The summed E-state index contributed by atoms with van der Waals surface area (Å²) >= 11 is 5.73. The zero-order valence-corrected chi connectivity index (χ0v) is 16.5. The minimum atomic E-state index is -1.34. The number of nitrogens with one attached hydrogen (secondary N) is 1. The molecule has 8 nitrogen and oxygen atoms in total. The third-order valence-corrected chi connectivity index (χ3v) is 4.36. The lowest BCUT2D eigenvalue weighted by atomic mass is 10.1. The Kier molecular flexibility index (Phi) is 6.38. The number of nitro groups is 1. The number of anilines is 1. The van der Waals surface area contributed by atoms with Gasteiger partial charge in [-0.15, -0.1) is 0 Å². The van der Waals surface area contributed by atoms with E-state index in [2.05, 4.69) is 10.3 Å². The molecule has 30 heavy (non-hydrogen) atoms. The molecule has 1 amide bonds. The summed E-state index contributed by atoms with van der Waals surface area (Å²) in [7, 11) is 0. The van der Waals surface area contributed by atoms with Crippen molar-refractivity contribution in [2.75, 3.05) is 5.32 Å². The van der Waals surface area contributed by atoms with Gasteiger partial charge in [-0.2, -0.15) is 0 Å². The number of ether oxygens (including phenoxy) is 1. The Hall–Kier alpha value is -3.78. The largest absolute Gasteiger partial charge is 0.444 e. The minimum absolute atomic E-state index is 0.000685. The number of pyridine rings is 1. The van der Waals surface area contributed by atoms with Gasteiger partial charge in [-0.3, -0.25) is 14.9 Å². The average Bonchev–Trinajstić information content (AvgIpc) is 2.74. The number of amides is 1. The van der Waals surface area contributed by atoms with E-state index >= 15 is 0 Å². The summed E-state index contributed by atoms with van der Waals surface area (Å²) in [6, 6.07) is 15.6. The van der Waals surface area contributed by atoms with Crippen molar-refractivity contribution in [2.45, 2.75) is 13.0 Å². The zero-order valence-electron chi connectivity index (χ0n) is 15.7. The van der Waals surface area contributed by atoms with Gasteiger partial charge < -0.3 is 10.1 Å². The predicted octanol–water partition coefficient (Wildman–Crippen LogP) is 4.49. The average molecular weight is 426 g/mol. The second-order valence-electron chi connectivity index (χ2n) is 6.33. The molecule has 2 aromatic carbocycles. The molecule has 0 aliphatic rings. The van der Waals surface area contributed by atoms with Crippen LogP contribution in [-0.4, -0.2) is 21.8 Å². The first-order valence-corrected chi connectivity index (χ1v) is 9.16. The fourth-order valence-corrected chi connectivity index (χ4v) is 2.78. The molecule has 1 unspecified atom stereocenters. The van der Waals surface area contributed by atoms with E-state index in [1.165, 1.54) is 30.5 Å². The first-order valence-electron chi connectivity index (χ1n) is 8.78. The zero-order chi connectivity index (χ0) is 21.7. The molecule has 1 N–H and O–H groups in total. The number of aromatic nitrogens is 1. The third-order valence-electron chi connectivity index (χ3n) is 4.14. The van der Waals surface area contributed by atoms with E-state index in [1.807, 2.05) is 0 Å². The highest BCUT2D eigenvalue weighted by Gasteiger charge is 2.28. The van der Waals surface area contributed by atoms with E-state index < -0.39 is 22.9 Å². The quantitative estimate of drug-likeness (QED) is 0.269. The van der Waals surface area contributed by atoms with Gasteiger partial charge in [-0.1, -0.05) is 48.0 Å². The highest BCUT2D eigenvalue weighted by molar-refractivity contribution is 6.29. The first kappa shape index (κ1) is 20.9. The molecule has 0 saturated carbocycles. The minimum Gasteiger partial charge on any atom is -0.444 e. The summed E-state index contributed by atoms with van der Waals surface area (Å²) in [4.78, 5) is 40.0. The van der Waals surface area contributed by atoms with Crippen LogP contribution in [0.3, 0.4) is 0 Å². The number of aryl methyl sites for hydroxylation is 1. The van der Waals surface area contributed by atoms with Crippen LogP contribution >= 0.6 is 11.6 Å². The highest BCUT2D eigenvalue weighted by atomic mass is 35.5. The van der Waals surface area contributed by atoms with Crippen molar-refractivity contribution in [3.8, 4) is 0 Å². The van der Waals surface area contributed by atoms with Gasteiger partial charge >= 0.3 is 5.97 Å². The number of carbonyl (C=O) groups excluding carboxylic acids is 2. The van der Waals surface area contributed by atoms with Gasteiger partial charge in [-0.25, -0.2) is 9.78 Å². The van der Waals surface area contributed by atoms with Crippen LogP contribution in [-0.2, 0) is 9.53 Å². The Bertz CT molecular complexity index is 1090. The molecule has 0 spiro atoms. The molecule has 3 aromatic rings. The smallest absolute Gasteiger partial charge is 0.340 e. The third kappa shape index (κ3) is 4.98. The second kappa shape index (κ2) is 9.15. The van der Waals surface area contributed by atoms with Crippen LogP contribution in [0.4, 0.5) is 11.4 Å². The second-order valence-corrected chi connectivity index (χ2v) is 6.72. The molecule has 0 aliphatic heterocycles. The summed E-state index contributed by atoms with van der Waals surface area (Å²) in [6.07, 6.45) is -0.106. The number of halogens is 1. The van der Waals surface area contributed by atoms with Gasteiger partial charge in [0, 0.05) is 17.8 Å². The van der Waals surface area contributed by atoms with Gasteiger partial charge in [0.1, 0.15) is 10.8 Å². The standard InChI is InChI=1S/C21H16ClN3O5/c1-13-7-9-16(17(11-13)25(28)29)24-20(26)19(14-5-3-2-4-6-14)30-21(27)15-8-10-18(22)23-12-15/h2-12,19H,1H3,(H,24,26). The number of benzene rings is 2. The number of rotatable bonds is 6. The maximum Gasteiger partial charge on any atom is 0.340 e. The van der Waals surface area contributed by atoms with Crippen molar-refractivity contribution in [2.24, 2.45) is 0 Å². The lowest BCUT2D eigenvalue weighted by molar-refractivity contribution is -0.384. The van der Waals surface area contributed by atoms with Crippen LogP contribution in [0.25, 0.3) is 0 Å². The highest BCUT2D eigenvalue weighted by Crippen LogP contribution is 2.28. The van der Waals surface area contributed by atoms with E-state index in [0.29, 0.717) is 11.1 Å². The molecule has 0 bridgehead atoms. The van der Waals surface area contributed by atoms with E-state index in [4.69, 9.17) is 16.3 Å². The molecule has 0 aliphatic carbocycles. The van der Waals surface area contributed by atoms with Gasteiger partial charge in [0.05, 0.1) is 10.5 Å². The van der Waals surface area contributed by atoms with E-state index in [-0.39, 0.29) is 22.1 Å². The van der Waals surface area contributed by atoms with Crippen LogP contribution in [0.1, 0.15) is 27.6 Å². The van der Waals surface area contributed by atoms with E-state index in [0.717, 1.165) is 0 Å². The first-order chi connectivity index (χ1) is 14.3. The van der Waals surface area contributed by atoms with Crippen molar-refractivity contribution < 1.29 is 19.2 Å². The van der Waals surface area contributed by atoms with E-state index in [1.54, 1.807) is 43.3 Å². The number of hydrogen-bond donors (Lipinski definition) is 1. The number of hydrogen-bond acceptors (Lipinski definition) is 6. The van der Waals surface area contributed by atoms with Crippen molar-refractivity contribution in [3.63, 3.8) is 0 Å². The summed E-state index contributed by atoms with van der Waals surface area (Å²) in [5.41, 5.74) is 0.916. The Labute approximate surface area is 176 Å². The lowest BCUT2D eigenvalue weighted by Crippen LogP contribution is -2.26. The van der Waals surface area contributed by atoms with Crippen LogP contribution in [0.5, 0.6) is 0 Å². The summed E-state index contributed by atoms with van der Waals surface area (Å²) in [6.45, 7) is 1.70. The number of esters is 1. The van der Waals surface area contributed by atoms with Crippen LogP contribution < -0.4 is 5.32 Å². The van der Waals surface area contributed by atoms with Crippen molar-refractivity contribution in [3.05, 3.63) is 98.8 Å². The number of nitro benzene ring substituents is 1. The summed E-state index contributed by atoms with van der Waals surface area (Å²) in [5, 5.41) is 14.0. The monoisotopic (exact) mass is 425 g/mol. The van der Waals surface area contributed by atoms with Crippen LogP contribution in [0, 0.1) is 17.0 Å². The molecule has 1 atom stereocenters. The SMILES string of the molecule is Cc1ccc(NC(=O)C(OC(=O)c2ccc(Cl)nc2)c2ccccc2)c([N+](=O)[O-])c1. The normalized spacial score (nSPS) is 11.4. The Morgan fingerprint density at radius 1 is 1.13 bits per heavy atom. The fourth-order valence-electron chi connectivity index (χ4n) is 2.67. The Morgan fingerprint density at radius 2 is 1.87 bits per heavy atom. The van der Waals surface area contributed by atoms with E-state index in [9.17, 15) is 19.7 Å². The maximum absolute atomic E-state index is 12.9. The lowest BCUT2D eigenvalue weighted by Gasteiger charge is -2.18. The van der Waals surface area contributed by atoms with Gasteiger partial charge in [0.15, 0.2) is 0 Å². The fraction of sp³-hybridized carbons (Fsp3) is 0.0952. The van der Waals surface area contributed by atoms with Crippen LogP contribution in [0.2, 0.25) is 5.15 Å². The molecular formula is C21H16ClN3O5. The van der Waals surface area contributed by atoms with Crippen molar-refractivity contribution in [1.29, 1.82) is 0 Å². The molecule has 1 aromatic heterocycles. The molecule has 0 saturated heterocycles. The predicted molar refractivity (Wildman–Crippen MR) is 110 cm³/mol. The molecule has 0 radical (unpaired) electrons. The molecule has 1 heterocycles. The molecule has 152 valence electrons. The Morgan fingerprint density at radius 3 is 2.50 bits per heavy atom. The molecule has 0 fully saturated rings. The Balaban J connectivity index is 1.89. The molecule has 3 rings (SSSR count). The topological polar surface area (TPSA) is 111 Å². The van der Waals surface area contributed by atoms with Gasteiger partial charge in [0.2, 0.25) is 6.10 Å². The van der Waals surface area contributed by atoms with Gasteiger partial charge in [-0.05, 0) is 30.7 Å². The number of carbonyl (C=O) groups is 2. The summed E-state index contributed by atoms with van der Waals surface area (Å²) < 4.78 is 5.42. The van der Waals surface area contributed by atoms with Crippen molar-refractivity contribution >= 4 is 34.9 Å². The summed E-state index contributed by atoms with van der Waals surface area (Å²) in [5.74, 6) is -1.52. The van der Waals surface area contributed by atoms with Gasteiger partial charge in [0.25, 0.3) is 11.6 Å². The van der Waals surface area contributed by atoms with Crippen LogP contribution in [0.15, 0.2) is 66.9 Å². The maximum atomic E-state index is 12.9. The number of nitrogens with zero attached hydrogens (tertiary/aromatic N) is 2. The van der Waals surface area contributed by atoms with Crippen molar-refractivity contribution in [1.82, 2.24) is 4.98 Å². The molecular weight excluding hydrogens is 410 g/mol.